The molecule has 0 aliphatic carbocycles. The van der Waals surface area contributed by atoms with Crippen LogP contribution in [0.15, 0.2) is 48.5 Å². The Labute approximate surface area is 152 Å². The van der Waals surface area contributed by atoms with Gasteiger partial charge in [-0.25, -0.2) is 4.39 Å². The summed E-state index contributed by atoms with van der Waals surface area (Å²) in [6, 6.07) is 13.7. The van der Waals surface area contributed by atoms with Gasteiger partial charge < -0.3 is 14.8 Å². The lowest BCUT2D eigenvalue weighted by molar-refractivity contribution is -0.153. The van der Waals surface area contributed by atoms with Crippen LogP contribution in [0.5, 0.6) is 5.75 Å². The number of ether oxygens (including phenoxy) is 2. The van der Waals surface area contributed by atoms with E-state index in [-0.39, 0.29) is 6.42 Å². The van der Waals surface area contributed by atoms with Gasteiger partial charge in [-0.3, -0.25) is 9.59 Å². The Morgan fingerprint density at radius 3 is 2.58 bits per heavy atom. The topological polar surface area (TPSA) is 64.6 Å². The van der Waals surface area contributed by atoms with E-state index < -0.39 is 23.8 Å². The molecule has 138 valence electrons. The highest BCUT2D eigenvalue weighted by Crippen LogP contribution is 2.14. The summed E-state index contributed by atoms with van der Waals surface area (Å²) < 4.78 is 24.1. The van der Waals surface area contributed by atoms with E-state index >= 15 is 0 Å². The van der Waals surface area contributed by atoms with E-state index in [4.69, 9.17) is 9.47 Å². The molecule has 0 aliphatic rings. The number of carbonyl (C=O) groups excluding carboxylic acids is 2. The molecule has 0 radical (unpaired) electrons. The van der Waals surface area contributed by atoms with E-state index in [0.29, 0.717) is 24.3 Å². The molecule has 6 heteroatoms. The van der Waals surface area contributed by atoms with Crippen molar-refractivity contribution in [2.24, 2.45) is 0 Å². The number of hydrogen-bond acceptors (Lipinski definition) is 4. The van der Waals surface area contributed by atoms with Crippen LogP contribution in [0.25, 0.3) is 0 Å². The molecular formula is C20H22FNO4. The van der Waals surface area contributed by atoms with Gasteiger partial charge in [0.2, 0.25) is 0 Å². The SMILES string of the molecule is Cc1ccc(NC(=O)C(C)OC(=O)CCCOc2ccccc2)cc1F. The molecule has 26 heavy (non-hydrogen) atoms. The Morgan fingerprint density at radius 2 is 1.88 bits per heavy atom. The van der Waals surface area contributed by atoms with E-state index in [2.05, 4.69) is 5.32 Å². The van der Waals surface area contributed by atoms with Crippen LogP contribution < -0.4 is 10.1 Å². The van der Waals surface area contributed by atoms with Gasteiger partial charge in [-0.05, 0) is 50.1 Å². The molecule has 1 N–H and O–H groups in total. The van der Waals surface area contributed by atoms with Crippen molar-refractivity contribution in [3.63, 3.8) is 0 Å². The summed E-state index contributed by atoms with van der Waals surface area (Å²) in [4.78, 5) is 23.8. The van der Waals surface area contributed by atoms with Crippen LogP contribution in [0.1, 0.15) is 25.3 Å². The van der Waals surface area contributed by atoms with Gasteiger partial charge in [0.05, 0.1) is 6.61 Å². The predicted octanol–water partition coefficient (Wildman–Crippen LogP) is 3.86. The van der Waals surface area contributed by atoms with Crippen LogP contribution in [0.4, 0.5) is 10.1 Å². The number of rotatable bonds is 8. The molecule has 1 atom stereocenters. The summed E-state index contributed by atoms with van der Waals surface area (Å²) in [6.07, 6.45) is -0.351. The smallest absolute Gasteiger partial charge is 0.306 e. The molecule has 0 fully saturated rings. The minimum atomic E-state index is -0.970. The summed E-state index contributed by atoms with van der Waals surface area (Å²) in [5.41, 5.74) is 0.803. The van der Waals surface area contributed by atoms with Crippen molar-refractivity contribution in [2.45, 2.75) is 32.8 Å². The van der Waals surface area contributed by atoms with Gasteiger partial charge in [0.15, 0.2) is 6.10 Å². The first-order valence-electron chi connectivity index (χ1n) is 8.40. The van der Waals surface area contributed by atoms with E-state index in [1.807, 2.05) is 30.3 Å². The second kappa shape index (κ2) is 9.56. The predicted molar refractivity (Wildman–Crippen MR) is 96.5 cm³/mol. The van der Waals surface area contributed by atoms with Crippen LogP contribution >= 0.6 is 0 Å². The van der Waals surface area contributed by atoms with Crippen LogP contribution in [-0.2, 0) is 14.3 Å². The maximum Gasteiger partial charge on any atom is 0.306 e. The van der Waals surface area contributed by atoms with Gasteiger partial charge in [0, 0.05) is 12.1 Å². The number of aryl methyl sites for hydroxylation is 1. The highest BCUT2D eigenvalue weighted by molar-refractivity contribution is 5.95. The first-order chi connectivity index (χ1) is 12.5. The van der Waals surface area contributed by atoms with Crippen LogP contribution in [0.2, 0.25) is 0 Å². The molecule has 0 aromatic heterocycles. The van der Waals surface area contributed by atoms with Crippen molar-refractivity contribution >= 4 is 17.6 Å². The van der Waals surface area contributed by atoms with Gasteiger partial charge >= 0.3 is 5.97 Å². The van der Waals surface area contributed by atoms with Crippen molar-refractivity contribution < 1.29 is 23.5 Å². The van der Waals surface area contributed by atoms with Crippen molar-refractivity contribution in [2.75, 3.05) is 11.9 Å². The van der Waals surface area contributed by atoms with Crippen molar-refractivity contribution in [1.82, 2.24) is 0 Å². The molecule has 2 rings (SSSR count). The zero-order chi connectivity index (χ0) is 18.9. The highest BCUT2D eigenvalue weighted by Gasteiger charge is 2.18. The Hall–Kier alpha value is -2.89. The molecule has 0 bridgehead atoms. The van der Waals surface area contributed by atoms with Crippen LogP contribution in [-0.4, -0.2) is 24.6 Å². The number of amides is 1. The van der Waals surface area contributed by atoms with Crippen LogP contribution in [0, 0.1) is 12.7 Å². The fourth-order valence-corrected chi connectivity index (χ4v) is 2.15. The molecule has 1 unspecified atom stereocenters. The number of hydrogen-bond donors (Lipinski definition) is 1. The average Bonchev–Trinajstić information content (AvgIpc) is 2.62. The zero-order valence-electron chi connectivity index (χ0n) is 14.8. The maximum absolute atomic E-state index is 13.5. The molecule has 0 saturated heterocycles. The Morgan fingerprint density at radius 1 is 1.15 bits per heavy atom. The third-order valence-corrected chi connectivity index (χ3v) is 3.65. The fourth-order valence-electron chi connectivity index (χ4n) is 2.15. The maximum atomic E-state index is 13.5. The minimum Gasteiger partial charge on any atom is -0.494 e. The van der Waals surface area contributed by atoms with Gasteiger partial charge in [0.25, 0.3) is 5.91 Å². The van der Waals surface area contributed by atoms with E-state index in [9.17, 15) is 14.0 Å². The Kier molecular flexibility index (Phi) is 7.14. The van der Waals surface area contributed by atoms with Crippen molar-refractivity contribution in [3.8, 4) is 5.75 Å². The first kappa shape index (κ1) is 19.4. The molecular weight excluding hydrogens is 337 g/mol. The summed E-state index contributed by atoms with van der Waals surface area (Å²) in [6.45, 7) is 3.48. The Bertz CT molecular complexity index is 749. The van der Waals surface area contributed by atoms with Crippen LogP contribution in [0.3, 0.4) is 0 Å². The summed E-state index contributed by atoms with van der Waals surface area (Å²) in [7, 11) is 0. The summed E-state index contributed by atoms with van der Waals surface area (Å²) in [5.74, 6) is -0.675. The fraction of sp³-hybridized carbons (Fsp3) is 0.300. The molecule has 0 spiro atoms. The second-order valence-electron chi connectivity index (χ2n) is 5.85. The monoisotopic (exact) mass is 359 g/mol. The van der Waals surface area contributed by atoms with E-state index in [1.54, 1.807) is 19.1 Å². The van der Waals surface area contributed by atoms with Gasteiger partial charge in [-0.1, -0.05) is 24.3 Å². The third kappa shape index (κ3) is 6.20. The number of halogens is 1. The average molecular weight is 359 g/mol. The first-order valence-corrected chi connectivity index (χ1v) is 8.40. The lowest BCUT2D eigenvalue weighted by Crippen LogP contribution is -2.30. The number of carbonyl (C=O) groups is 2. The summed E-state index contributed by atoms with van der Waals surface area (Å²) in [5, 5.41) is 2.52. The standard InChI is InChI=1S/C20H22FNO4/c1-14-10-11-16(13-18(14)21)22-20(24)15(2)26-19(23)9-6-12-25-17-7-4-3-5-8-17/h3-5,7-8,10-11,13,15H,6,9,12H2,1-2H3,(H,22,24). The lowest BCUT2D eigenvalue weighted by atomic mass is 10.2. The number of nitrogens with one attached hydrogen (secondary N) is 1. The second-order valence-corrected chi connectivity index (χ2v) is 5.85. The molecule has 1 amide bonds. The van der Waals surface area contributed by atoms with Gasteiger partial charge in [-0.2, -0.15) is 0 Å². The minimum absolute atomic E-state index is 0.142. The van der Waals surface area contributed by atoms with Crippen molar-refractivity contribution in [3.05, 3.63) is 59.9 Å². The Balaban J connectivity index is 1.70. The van der Waals surface area contributed by atoms with Gasteiger partial charge in [0.1, 0.15) is 11.6 Å². The molecule has 0 aliphatic heterocycles. The lowest BCUT2D eigenvalue weighted by Gasteiger charge is -2.14. The molecule has 2 aromatic rings. The quantitative estimate of drug-likeness (QED) is 0.574. The highest BCUT2D eigenvalue weighted by atomic mass is 19.1. The third-order valence-electron chi connectivity index (χ3n) is 3.65. The molecule has 2 aromatic carbocycles. The van der Waals surface area contributed by atoms with E-state index in [0.717, 1.165) is 5.75 Å². The number of benzene rings is 2. The van der Waals surface area contributed by atoms with Gasteiger partial charge in [-0.15, -0.1) is 0 Å². The molecule has 5 nitrogen and oxygen atoms in total. The largest absolute Gasteiger partial charge is 0.494 e. The number of esters is 1. The number of anilines is 1. The van der Waals surface area contributed by atoms with Crippen molar-refractivity contribution in [1.29, 1.82) is 0 Å². The summed E-state index contributed by atoms with van der Waals surface area (Å²) >= 11 is 0. The van der Waals surface area contributed by atoms with E-state index in [1.165, 1.54) is 13.0 Å². The number of para-hydroxylation sites is 1. The molecule has 0 saturated carbocycles. The zero-order valence-corrected chi connectivity index (χ0v) is 14.8. The molecule has 0 heterocycles. The normalized spacial score (nSPS) is 11.5.